The zero-order chi connectivity index (χ0) is 17.6. The van der Waals surface area contributed by atoms with Crippen LogP contribution in [-0.2, 0) is 4.79 Å². The lowest BCUT2D eigenvalue weighted by Crippen LogP contribution is -2.35. The summed E-state index contributed by atoms with van der Waals surface area (Å²) in [7, 11) is 0. The molecule has 3 rings (SSSR count). The summed E-state index contributed by atoms with van der Waals surface area (Å²) in [6.07, 6.45) is 0. The van der Waals surface area contributed by atoms with Crippen LogP contribution in [0.4, 0.5) is 11.4 Å². The summed E-state index contributed by atoms with van der Waals surface area (Å²) in [5.74, 6) is -0.102. The number of para-hydroxylation sites is 2. The Labute approximate surface area is 161 Å². The van der Waals surface area contributed by atoms with Gasteiger partial charge in [0.2, 0.25) is 0 Å². The van der Waals surface area contributed by atoms with Crippen molar-refractivity contribution in [1.29, 1.82) is 0 Å². The van der Waals surface area contributed by atoms with Crippen molar-refractivity contribution in [3.05, 3.63) is 95.0 Å². The van der Waals surface area contributed by atoms with Crippen LogP contribution < -0.4 is 9.62 Å². The lowest BCUT2D eigenvalue weighted by molar-refractivity contribution is -0.119. The third-order valence-electron chi connectivity index (χ3n) is 3.83. The van der Waals surface area contributed by atoms with E-state index in [1.54, 1.807) is 4.90 Å². The maximum atomic E-state index is 13.4. The van der Waals surface area contributed by atoms with E-state index in [0.717, 1.165) is 21.4 Å². The molecule has 5 heteroatoms. The molecule has 0 radical (unpaired) electrons. The minimum Gasteiger partial charge on any atom is -0.279 e. The topological polar surface area (TPSA) is 32.3 Å². The van der Waals surface area contributed by atoms with Gasteiger partial charge in [0.1, 0.15) is 6.04 Å². The molecule has 0 heterocycles. The molecule has 3 nitrogen and oxygen atoms in total. The molecule has 0 aromatic heterocycles. The van der Waals surface area contributed by atoms with Gasteiger partial charge in [0, 0.05) is 15.8 Å². The second-order valence-electron chi connectivity index (χ2n) is 5.46. The van der Waals surface area contributed by atoms with E-state index in [4.69, 9.17) is 0 Å². The summed E-state index contributed by atoms with van der Waals surface area (Å²) in [5, 5.41) is 0. The average Bonchev–Trinajstić information content (AvgIpc) is 2.66. The molecule has 0 fully saturated rings. The van der Waals surface area contributed by atoms with Gasteiger partial charge in [-0.15, -0.1) is 0 Å². The van der Waals surface area contributed by atoms with Gasteiger partial charge in [-0.3, -0.25) is 14.4 Å². The van der Waals surface area contributed by atoms with E-state index in [1.807, 2.05) is 84.9 Å². The predicted octanol–water partition coefficient (Wildman–Crippen LogP) is 5.29. The van der Waals surface area contributed by atoms with Crippen molar-refractivity contribution in [3.8, 4) is 0 Å². The van der Waals surface area contributed by atoms with Gasteiger partial charge in [-0.05, 0) is 42.0 Å². The number of nitrogens with one attached hydrogen (secondary N) is 1. The highest BCUT2D eigenvalue weighted by Crippen LogP contribution is 2.29. The van der Waals surface area contributed by atoms with Crippen molar-refractivity contribution >= 4 is 46.0 Å². The molecule has 0 aliphatic carbocycles. The van der Waals surface area contributed by atoms with Crippen molar-refractivity contribution in [3.63, 3.8) is 0 Å². The van der Waals surface area contributed by atoms with Crippen LogP contribution in [0.15, 0.2) is 89.4 Å². The average molecular weight is 413 g/mol. The number of rotatable bonds is 5. The van der Waals surface area contributed by atoms with Gasteiger partial charge >= 0.3 is 0 Å². The number of nitrogens with zero attached hydrogens (tertiary/aromatic N) is 1. The zero-order valence-electron chi connectivity index (χ0n) is 13.3. The number of carbonyl (C=O) groups excluding carboxylic acids is 1. The van der Waals surface area contributed by atoms with Crippen LogP contribution in [0.3, 0.4) is 0 Å². The molecule has 126 valence electrons. The van der Waals surface area contributed by atoms with E-state index < -0.39 is 6.04 Å². The number of amides is 1. The molecule has 0 aliphatic rings. The molecule has 0 bridgehead atoms. The van der Waals surface area contributed by atoms with E-state index in [-0.39, 0.29) is 5.91 Å². The first kappa shape index (κ1) is 17.7. The van der Waals surface area contributed by atoms with Crippen LogP contribution in [0.5, 0.6) is 0 Å². The second kappa shape index (κ2) is 8.34. The highest BCUT2D eigenvalue weighted by molar-refractivity contribution is 9.10. The molecule has 0 saturated heterocycles. The normalized spacial score (nSPS) is 11.8. The molecular weight excluding hydrogens is 396 g/mol. The Hall–Kier alpha value is -2.08. The van der Waals surface area contributed by atoms with E-state index in [9.17, 15) is 4.79 Å². The minimum absolute atomic E-state index is 0.102. The van der Waals surface area contributed by atoms with Crippen LogP contribution in [-0.4, -0.2) is 5.91 Å². The highest BCUT2D eigenvalue weighted by atomic mass is 79.9. The fraction of sp³-hybridized carbons (Fsp3) is 0.0500. The summed E-state index contributed by atoms with van der Waals surface area (Å²) in [5.41, 5.74) is 2.47. The quantitative estimate of drug-likeness (QED) is 0.557. The number of hydrogen-bond acceptors (Lipinski definition) is 3. The van der Waals surface area contributed by atoms with Crippen molar-refractivity contribution in [2.24, 2.45) is 0 Å². The predicted molar refractivity (Wildman–Crippen MR) is 109 cm³/mol. The summed E-state index contributed by atoms with van der Waals surface area (Å²) in [6, 6.07) is 26.3. The molecule has 3 aromatic rings. The molecule has 0 saturated carbocycles. The molecular formula is C20H17BrN2OS. The second-order valence-corrected chi connectivity index (χ2v) is 6.63. The number of thiol groups is 1. The van der Waals surface area contributed by atoms with Crippen LogP contribution in [0.1, 0.15) is 11.6 Å². The highest BCUT2D eigenvalue weighted by Gasteiger charge is 2.27. The van der Waals surface area contributed by atoms with Crippen LogP contribution in [0, 0.1) is 0 Å². The van der Waals surface area contributed by atoms with E-state index in [2.05, 4.69) is 33.5 Å². The molecule has 0 aliphatic heterocycles. The van der Waals surface area contributed by atoms with Crippen LogP contribution in [0.25, 0.3) is 0 Å². The Morgan fingerprint density at radius 1 is 0.840 bits per heavy atom. The number of carbonyl (C=O) groups is 1. The van der Waals surface area contributed by atoms with Crippen molar-refractivity contribution in [2.75, 3.05) is 4.90 Å². The molecule has 3 aromatic carbocycles. The number of benzene rings is 3. The summed E-state index contributed by atoms with van der Waals surface area (Å²) < 4.78 is 3.81. The molecule has 1 unspecified atom stereocenters. The Kier molecular flexibility index (Phi) is 5.91. The fourth-order valence-corrected chi connectivity index (χ4v) is 3.14. The smallest absolute Gasteiger partial charge is 0.254 e. The SMILES string of the molecule is O=C(C(NS)c1ccc(Br)cc1)N(c1ccccc1)c1ccccc1. The van der Waals surface area contributed by atoms with Gasteiger partial charge in [0.25, 0.3) is 5.91 Å². The molecule has 1 amide bonds. The maximum absolute atomic E-state index is 13.4. The third kappa shape index (κ3) is 4.12. The van der Waals surface area contributed by atoms with Gasteiger partial charge in [0.05, 0.1) is 0 Å². The lowest BCUT2D eigenvalue weighted by atomic mass is 10.1. The van der Waals surface area contributed by atoms with E-state index in [0.29, 0.717) is 0 Å². The standard InChI is InChI=1S/C20H17BrN2OS/c21-16-13-11-15(12-14-16)19(22-25)20(24)23(17-7-3-1-4-8-17)18-9-5-2-6-10-18/h1-14,19,22,25H. The molecule has 25 heavy (non-hydrogen) atoms. The summed E-state index contributed by atoms with van der Waals surface area (Å²) in [4.78, 5) is 15.1. The van der Waals surface area contributed by atoms with Crippen molar-refractivity contribution < 1.29 is 4.79 Å². The Bertz CT molecular complexity index is 786. The van der Waals surface area contributed by atoms with Crippen LogP contribution in [0.2, 0.25) is 0 Å². The molecule has 1 atom stereocenters. The number of anilines is 2. The minimum atomic E-state index is -0.572. The van der Waals surface area contributed by atoms with Crippen molar-refractivity contribution in [2.45, 2.75) is 6.04 Å². The van der Waals surface area contributed by atoms with Gasteiger partial charge in [-0.2, -0.15) is 0 Å². The first-order valence-electron chi connectivity index (χ1n) is 7.80. The monoisotopic (exact) mass is 412 g/mol. The Balaban J connectivity index is 2.02. The summed E-state index contributed by atoms with van der Waals surface area (Å²) in [6.45, 7) is 0. The zero-order valence-corrected chi connectivity index (χ0v) is 15.8. The number of hydrogen-bond donors (Lipinski definition) is 2. The van der Waals surface area contributed by atoms with Gasteiger partial charge in [-0.1, -0.05) is 77.3 Å². The lowest BCUT2D eigenvalue weighted by Gasteiger charge is -2.27. The molecule has 1 N–H and O–H groups in total. The third-order valence-corrected chi connectivity index (χ3v) is 4.62. The first-order chi connectivity index (χ1) is 12.2. The largest absolute Gasteiger partial charge is 0.279 e. The van der Waals surface area contributed by atoms with Crippen LogP contribution >= 0.6 is 28.7 Å². The Morgan fingerprint density at radius 2 is 1.32 bits per heavy atom. The van der Waals surface area contributed by atoms with E-state index >= 15 is 0 Å². The number of halogens is 1. The first-order valence-corrected chi connectivity index (χ1v) is 9.04. The fourth-order valence-electron chi connectivity index (χ4n) is 2.61. The van der Waals surface area contributed by atoms with Crippen molar-refractivity contribution in [1.82, 2.24) is 4.72 Å². The van der Waals surface area contributed by atoms with Gasteiger partial charge in [-0.25, -0.2) is 0 Å². The van der Waals surface area contributed by atoms with E-state index in [1.165, 1.54) is 0 Å². The van der Waals surface area contributed by atoms with Gasteiger partial charge < -0.3 is 0 Å². The summed E-state index contributed by atoms with van der Waals surface area (Å²) >= 11 is 7.62. The molecule has 0 spiro atoms. The van der Waals surface area contributed by atoms with Gasteiger partial charge in [0.15, 0.2) is 0 Å². The maximum Gasteiger partial charge on any atom is 0.254 e. The Morgan fingerprint density at radius 3 is 1.76 bits per heavy atom.